The molecule has 3 rings (SSSR count). The lowest BCUT2D eigenvalue weighted by Gasteiger charge is -2.12. The molecule has 2 aromatic heterocycles. The van der Waals surface area contributed by atoms with Crippen molar-refractivity contribution in [2.45, 2.75) is 13.0 Å². The summed E-state index contributed by atoms with van der Waals surface area (Å²) in [4.78, 5) is 14.2. The van der Waals surface area contributed by atoms with E-state index in [1.807, 2.05) is 0 Å². The number of pyridine rings is 1. The predicted molar refractivity (Wildman–Crippen MR) is 84.2 cm³/mol. The van der Waals surface area contributed by atoms with Crippen LogP contribution in [-0.4, -0.2) is 15.2 Å². The molecule has 0 unspecified atom stereocenters. The first kappa shape index (κ1) is 16.2. The standard InChI is InChI=1S/C16H12ClF2N3O2/c17-14-15(24-8-9-1-2-11(18)6-13(9)19)10(7-20-16(14)23)5-12-3-4-21-22-12/h1-4,6-7H,5,8H2,(H,20,23)(H,21,22). The summed E-state index contributed by atoms with van der Waals surface area (Å²) in [5, 5.41) is 6.58. The number of hydrogen-bond acceptors (Lipinski definition) is 3. The van der Waals surface area contributed by atoms with E-state index in [0.717, 1.165) is 17.8 Å². The SMILES string of the molecule is O=c1[nH]cc(Cc2cc[nH]n2)c(OCc2ccc(F)cc2F)c1Cl. The van der Waals surface area contributed by atoms with Gasteiger partial charge in [0.05, 0.1) is 5.69 Å². The Morgan fingerprint density at radius 1 is 1.21 bits per heavy atom. The van der Waals surface area contributed by atoms with Gasteiger partial charge in [-0.25, -0.2) is 8.78 Å². The third-order valence-corrected chi connectivity index (χ3v) is 3.73. The molecule has 0 spiro atoms. The van der Waals surface area contributed by atoms with Gasteiger partial charge < -0.3 is 9.72 Å². The van der Waals surface area contributed by atoms with Crippen LogP contribution in [0.15, 0.2) is 41.5 Å². The monoisotopic (exact) mass is 351 g/mol. The fourth-order valence-corrected chi connectivity index (χ4v) is 2.42. The van der Waals surface area contributed by atoms with Crippen molar-refractivity contribution in [3.05, 3.63) is 80.5 Å². The van der Waals surface area contributed by atoms with Crippen molar-refractivity contribution >= 4 is 11.6 Å². The fourth-order valence-electron chi connectivity index (χ4n) is 2.19. The van der Waals surface area contributed by atoms with Gasteiger partial charge in [-0.05, 0) is 18.2 Å². The topological polar surface area (TPSA) is 70.8 Å². The van der Waals surface area contributed by atoms with Gasteiger partial charge in [0, 0.05) is 36.0 Å². The van der Waals surface area contributed by atoms with Crippen LogP contribution in [0.4, 0.5) is 8.78 Å². The molecule has 124 valence electrons. The summed E-state index contributed by atoms with van der Waals surface area (Å²) in [6.45, 7) is -0.192. The lowest BCUT2D eigenvalue weighted by molar-refractivity contribution is 0.296. The number of aromatic nitrogens is 3. The Morgan fingerprint density at radius 3 is 2.75 bits per heavy atom. The van der Waals surface area contributed by atoms with Gasteiger partial charge in [0.1, 0.15) is 29.0 Å². The maximum absolute atomic E-state index is 13.7. The average Bonchev–Trinajstić information content (AvgIpc) is 3.05. The van der Waals surface area contributed by atoms with E-state index in [0.29, 0.717) is 12.0 Å². The van der Waals surface area contributed by atoms with E-state index < -0.39 is 17.2 Å². The molecule has 0 fully saturated rings. The molecule has 5 nitrogen and oxygen atoms in total. The first-order valence-corrected chi connectivity index (χ1v) is 7.38. The quantitative estimate of drug-likeness (QED) is 0.741. The Hall–Kier alpha value is -2.67. The first-order chi connectivity index (χ1) is 11.5. The molecule has 2 heterocycles. The minimum Gasteiger partial charge on any atom is -0.487 e. The maximum atomic E-state index is 13.7. The van der Waals surface area contributed by atoms with Gasteiger partial charge in [-0.15, -0.1) is 0 Å². The Balaban J connectivity index is 1.88. The largest absolute Gasteiger partial charge is 0.487 e. The van der Waals surface area contributed by atoms with Gasteiger partial charge in [0.15, 0.2) is 0 Å². The number of hydrogen-bond donors (Lipinski definition) is 2. The van der Waals surface area contributed by atoms with Gasteiger partial charge in [-0.1, -0.05) is 11.6 Å². The van der Waals surface area contributed by atoms with Crippen molar-refractivity contribution in [3.8, 4) is 5.75 Å². The summed E-state index contributed by atoms with van der Waals surface area (Å²) >= 11 is 6.02. The molecular weight excluding hydrogens is 340 g/mol. The average molecular weight is 352 g/mol. The van der Waals surface area contributed by atoms with E-state index in [9.17, 15) is 13.6 Å². The molecule has 0 saturated carbocycles. The van der Waals surface area contributed by atoms with Gasteiger partial charge in [-0.2, -0.15) is 5.10 Å². The van der Waals surface area contributed by atoms with Crippen molar-refractivity contribution in [1.82, 2.24) is 15.2 Å². The smallest absolute Gasteiger partial charge is 0.270 e. The Bertz CT molecular complexity index is 910. The second kappa shape index (κ2) is 6.84. The van der Waals surface area contributed by atoms with Gasteiger partial charge >= 0.3 is 0 Å². The molecule has 3 aromatic rings. The Kier molecular flexibility index (Phi) is 4.61. The summed E-state index contributed by atoms with van der Waals surface area (Å²) in [5.74, 6) is -1.26. The van der Waals surface area contributed by atoms with Gasteiger partial charge in [-0.3, -0.25) is 9.89 Å². The number of nitrogens with zero attached hydrogens (tertiary/aromatic N) is 1. The maximum Gasteiger partial charge on any atom is 0.270 e. The zero-order chi connectivity index (χ0) is 17.1. The molecule has 0 atom stereocenters. The second-order valence-electron chi connectivity index (χ2n) is 5.05. The summed E-state index contributed by atoms with van der Waals surface area (Å²) in [6.07, 6.45) is 3.50. The zero-order valence-electron chi connectivity index (χ0n) is 12.3. The minimum absolute atomic E-state index is 0.134. The number of ether oxygens (including phenoxy) is 1. The van der Waals surface area contributed by atoms with E-state index in [1.54, 1.807) is 12.3 Å². The van der Waals surface area contributed by atoms with Crippen LogP contribution in [0.2, 0.25) is 5.02 Å². The van der Waals surface area contributed by atoms with E-state index in [4.69, 9.17) is 16.3 Å². The Labute approximate surface area is 140 Å². The minimum atomic E-state index is -0.732. The Morgan fingerprint density at radius 2 is 2.04 bits per heavy atom. The number of rotatable bonds is 5. The third-order valence-electron chi connectivity index (χ3n) is 3.38. The summed E-state index contributed by atoms with van der Waals surface area (Å²) in [7, 11) is 0. The van der Waals surface area contributed by atoms with Crippen molar-refractivity contribution in [1.29, 1.82) is 0 Å². The van der Waals surface area contributed by atoms with Crippen LogP contribution in [-0.2, 0) is 13.0 Å². The second-order valence-corrected chi connectivity index (χ2v) is 5.43. The van der Waals surface area contributed by atoms with Crippen LogP contribution >= 0.6 is 11.6 Å². The van der Waals surface area contributed by atoms with Crippen LogP contribution < -0.4 is 10.3 Å². The molecule has 0 aliphatic rings. The van der Waals surface area contributed by atoms with E-state index >= 15 is 0 Å². The van der Waals surface area contributed by atoms with Crippen molar-refractivity contribution in [2.75, 3.05) is 0 Å². The molecule has 2 N–H and O–H groups in total. The molecule has 0 saturated heterocycles. The normalized spacial score (nSPS) is 10.8. The van der Waals surface area contributed by atoms with E-state index in [1.165, 1.54) is 12.3 Å². The van der Waals surface area contributed by atoms with Crippen LogP contribution in [0.1, 0.15) is 16.8 Å². The molecule has 0 aliphatic heterocycles. The van der Waals surface area contributed by atoms with Gasteiger partial charge in [0.2, 0.25) is 0 Å². The lowest BCUT2D eigenvalue weighted by Crippen LogP contribution is -2.11. The highest BCUT2D eigenvalue weighted by atomic mass is 35.5. The lowest BCUT2D eigenvalue weighted by atomic mass is 10.1. The van der Waals surface area contributed by atoms with Crippen molar-refractivity contribution < 1.29 is 13.5 Å². The fraction of sp³-hybridized carbons (Fsp3) is 0.125. The van der Waals surface area contributed by atoms with E-state index in [-0.39, 0.29) is 22.9 Å². The number of halogens is 3. The molecule has 0 radical (unpaired) electrons. The van der Waals surface area contributed by atoms with Crippen LogP contribution in [0.5, 0.6) is 5.75 Å². The molecular formula is C16H12ClF2N3O2. The number of nitrogens with one attached hydrogen (secondary N) is 2. The summed E-state index contributed by atoms with van der Waals surface area (Å²) in [5.41, 5.74) is 0.945. The molecule has 0 amide bonds. The van der Waals surface area contributed by atoms with Crippen molar-refractivity contribution in [3.63, 3.8) is 0 Å². The van der Waals surface area contributed by atoms with Gasteiger partial charge in [0.25, 0.3) is 5.56 Å². The predicted octanol–water partition coefficient (Wildman–Crippen LogP) is 3.20. The molecule has 24 heavy (non-hydrogen) atoms. The highest BCUT2D eigenvalue weighted by Crippen LogP contribution is 2.27. The first-order valence-electron chi connectivity index (χ1n) is 7.00. The van der Waals surface area contributed by atoms with Crippen LogP contribution in [0.25, 0.3) is 0 Å². The molecule has 0 aliphatic carbocycles. The highest BCUT2D eigenvalue weighted by Gasteiger charge is 2.15. The molecule has 0 bridgehead atoms. The number of H-pyrrole nitrogens is 2. The zero-order valence-corrected chi connectivity index (χ0v) is 13.0. The van der Waals surface area contributed by atoms with Crippen molar-refractivity contribution in [2.24, 2.45) is 0 Å². The molecule has 1 aromatic carbocycles. The van der Waals surface area contributed by atoms with Crippen LogP contribution in [0.3, 0.4) is 0 Å². The molecule has 8 heteroatoms. The highest BCUT2D eigenvalue weighted by molar-refractivity contribution is 6.31. The summed E-state index contributed by atoms with van der Waals surface area (Å²) < 4.78 is 32.2. The number of aromatic amines is 2. The number of benzene rings is 1. The third kappa shape index (κ3) is 3.46. The van der Waals surface area contributed by atoms with E-state index in [2.05, 4.69) is 15.2 Å². The summed E-state index contributed by atoms with van der Waals surface area (Å²) in [6, 6.07) is 4.94. The van der Waals surface area contributed by atoms with Crippen LogP contribution in [0, 0.1) is 11.6 Å².